The van der Waals surface area contributed by atoms with Crippen LogP contribution in [0.25, 0.3) is 0 Å². The number of amides is 1. The molecule has 0 aromatic heterocycles. The minimum absolute atomic E-state index is 0.0240. The van der Waals surface area contributed by atoms with Crippen molar-refractivity contribution in [1.82, 2.24) is 10.6 Å². The Balaban J connectivity index is 2.32. The van der Waals surface area contributed by atoms with Crippen molar-refractivity contribution in [2.75, 3.05) is 26.8 Å². The van der Waals surface area contributed by atoms with E-state index < -0.39 is 0 Å². The Bertz CT molecular complexity index is 437. The zero-order valence-corrected chi connectivity index (χ0v) is 11.8. The van der Waals surface area contributed by atoms with Gasteiger partial charge < -0.3 is 25.6 Å². The lowest BCUT2D eigenvalue weighted by Crippen LogP contribution is -2.30. The Morgan fingerprint density at radius 1 is 1.35 bits per heavy atom. The fraction of sp³-hybridized carbons (Fsp3) is 0.500. The monoisotopic (exact) mass is 282 g/mol. The Morgan fingerprint density at radius 2 is 2.10 bits per heavy atom. The molecule has 112 valence electrons. The number of carbonyl (C=O) groups excluding carboxylic acids is 1. The average molecular weight is 282 g/mol. The maximum absolute atomic E-state index is 11.5. The van der Waals surface area contributed by atoms with Crippen molar-refractivity contribution < 1.29 is 19.7 Å². The number of phenolic OH excluding ortho intramolecular Hbond substituents is 2. The molecule has 1 aromatic carbocycles. The van der Waals surface area contributed by atoms with Gasteiger partial charge in [-0.15, -0.1) is 0 Å². The van der Waals surface area contributed by atoms with E-state index in [9.17, 15) is 15.0 Å². The molecule has 0 aliphatic rings. The zero-order chi connectivity index (χ0) is 15.0. The van der Waals surface area contributed by atoms with Crippen LogP contribution in [0.5, 0.6) is 11.5 Å². The molecule has 1 unspecified atom stereocenters. The van der Waals surface area contributed by atoms with Crippen LogP contribution in [-0.2, 0) is 9.53 Å². The fourth-order valence-corrected chi connectivity index (χ4v) is 1.79. The van der Waals surface area contributed by atoms with Gasteiger partial charge in [0.1, 0.15) is 11.5 Å². The zero-order valence-electron chi connectivity index (χ0n) is 11.8. The van der Waals surface area contributed by atoms with Crippen molar-refractivity contribution in [2.45, 2.75) is 19.4 Å². The predicted molar refractivity (Wildman–Crippen MR) is 75.7 cm³/mol. The van der Waals surface area contributed by atoms with Crippen LogP contribution in [0.2, 0.25) is 0 Å². The first-order valence-electron chi connectivity index (χ1n) is 6.55. The molecule has 0 heterocycles. The molecule has 6 nitrogen and oxygen atoms in total. The van der Waals surface area contributed by atoms with E-state index in [1.54, 1.807) is 13.2 Å². The number of hydrogen-bond acceptors (Lipinski definition) is 5. The lowest BCUT2D eigenvalue weighted by molar-refractivity contribution is -0.121. The van der Waals surface area contributed by atoms with Gasteiger partial charge in [0.2, 0.25) is 5.91 Å². The Morgan fingerprint density at radius 3 is 2.75 bits per heavy atom. The van der Waals surface area contributed by atoms with Crippen molar-refractivity contribution in [3.8, 4) is 11.5 Å². The number of ether oxygens (including phenoxy) is 1. The summed E-state index contributed by atoms with van der Waals surface area (Å²) in [6.07, 6.45) is 0.354. The van der Waals surface area contributed by atoms with Crippen LogP contribution < -0.4 is 10.6 Å². The highest BCUT2D eigenvalue weighted by atomic mass is 16.5. The third kappa shape index (κ3) is 5.46. The quantitative estimate of drug-likeness (QED) is 0.532. The highest BCUT2D eigenvalue weighted by Crippen LogP contribution is 2.27. The van der Waals surface area contributed by atoms with Crippen LogP contribution in [0.3, 0.4) is 0 Å². The maximum Gasteiger partial charge on any atom is 0.221 e. The molecule has 0 bridgehead atoms. The summed E-state index contributed by atoms with van der Waals surface area (Å²) in [6.45, 7) is 3.38. The molecule has 0 aliphatic carbocycles. The van der Waals surface area contributed by atoms with E-state index in [2.05, 4.69) is 10.6 Å². The second-order valence-corrected chi connectivity index (χ2v) is 4.51. The number of benzene rings is 1. The van der Waals surface area contributed by atoms with Crippen molar-refractivity contribution in [3.05, 3.63) is 23.8 Å². The van der Waals surface area contributed by atoms with Crippen molar-refractivity contribution in [3.63, 3.8) is 0 Å². The van der Waals surface area contributed by atoms with Crippen molar-refractivity contribution in [1.29, 1.82) is 0 Å². The first-order chi connectivity index (χ1) is 9.54. The van der Waals surface area contributed by atoms with Gasteiger partial charge >= 0.3 is 0 Å². The van der Waals surface area contributed by atoms with Gasteiger partial charge in [0, 0.05) is 44.3 Å². The second kappa shape index (κ2) is 8.39. The summed E-state index contributed by atoms with van der Waals surface area (Å²) in [5, 5.41) is 24.8. The van der Waals surface area contributed by atoms with Crippen LogP contribution in [0.4, 0.5) is 0 Å². The van der Waals surface area contributed by atoms with E-state index in [-0.39, 0.29) is 23.4 Å². The summed E-state index contributed by atoms with van der Waals surface area (Å²) < 4.78 is 4.84. The molecule has 0 radical (unpaired) electrons. The molecule has 0 saturated heterocycles. The maximum atomic E-state index is 11.5. The Kier molecular flexibility index (Phi) is 6.83. The number of methoxy groups -OCH3 is 1. The molecule has 0 fully saturated rings. The van der Waals surface area contributed by atoms with Gasteiger partial charge in [0.25, 0.3) is 0 Å². The van der Waals surface area contributed by atoms with Gasteiger partial charge in [-0.05, 0) is 13.0 Å². The normalized spacial score (nSPS) is 12.1. The number of aromatic hydroxyl groups is 2. The highest BCUT2D eigenvalue weighted by Gasteiger charge is 2.10. The van der Waals surface area contributed by atoms with E-state index in [4.69, 9.17) is 4.74 Å². The molecule has 0 spiro atoms. The smallest absolute Gasteiger partial charge is 0.221 e. The summed E-state index contributed by atoms with van der Waals surface area (Å²) in [7, 11) is 1.58. The third-order valence-corrected chi connectivity index (χ3v) is 2.91. The molecular weight excluding hydrogens is 260 g/mol. The molecule has 1 aromatic rings. The fourth-order valence-electron chi connectivity index (χ4n) is 1.79. The standard InChI is InChI=1S/C14H22N2O4/c1-10(12-4-3-11(17)9-13(12)18)15-6-5-14(19)16-7-8-20-2/h3-4,9-10,15,17-18H,5-8H2,1-2H3,(H,16,19). The first-order valence-corrected chi connectivity index (χ1v) is 6.55. The number of rotatable bonds is 8. The van der Waals surface area contributed by atoms with Gasteiger partial charge in [0.15, 0.2) is 0 Å². The third-order valence-electron chi connectivity index (χ3n) is 2.91. The minimum Gasteiger partial charge on any atom is -0.508 e. The summed E-state index contributed by atoms with van der Waals surface area (Å²) in [6, 6.07) is 4.36. The van der Waals surface area contributed by atoms with E-state index >= 15 is 0 Å². The van der Waals surface area contributed by atoms with Gasteiger partial charge in [-0.1, -0.05) is 6.07 Å². The topological polar surface area (TPSA) is 90.8 Å². The molecule has 20 heavy (non-hydrogen) atoms. The number of phenols is 2. The molecule has 1 amide bonds. The number of hydrogen-bond donors (Lipinski definition) is 4. The van der Waals surface area contributed by atoms with E-state index in [1.165, 1.54) is 12.1 Å². The Labute approximate surface area is 118 Å². The summed E-state index contributed by atoms with van der Waals surface area (Å²) in [5.41, 5.74) is 0.683. The van der Waals surface area contributed by atoms with Gasteiger partial charge in [-0.25, -0.2) is 0 Å². The summed E-state index contributed by atoms with van der Waals surface area (Å²) in [5.74, 6) is 0.0159. The van der Waals surface area contributed by atoms with Gasteiger partial charge in [-0.3, -0.25) is 4.79 Å². The van der Waals surface area contributed by atoms with Crippen molar-refractivity contribution in [2.24, 2.45) is 0 Å². The lowest BCUT2D eigenvalue weighted by Gasteiger charge is -2.15. The molecule has 0 aliphatic heterocycles. The minimum atomic E-state index is -0.109. The van der Waals surface area contributed by atoms with Crippen LogP contribution in [0.15, 0.2) is 18.2 Å². The largest absolute Gasteiger partial charge is 0.508 e. The van der Waals surface area contributed by atoms with Gasteiger partial charge in [0.05, 0.1) is 6.61 Å². The average Bonchev–Trinajstić information content (AvgIpc) is 2.38. The number of nitrogens with one attached hydrogen (secondary N) is 2. The molecule has 6 heteroatoms. The van der Waals surface area contributed by atoms with E-state index in [1.807, 2.05) is 6.92 Å². The first kappa shape index (κ1) is 16.3. The number of carbonyl (C=O) groups is 1. The molecule has 4 N–H and O–H groups in total. The SMILES string of the molecule is COCCNC(=O)CCNC(C)c1ccc(O)cc1O. The summed E-state index contributed by atoms with van der Waals surface area (Å²) in [4.78, 5) is 11.5. The molecule has 0 saturated carbocycles. The highest BCUT2D eigenvalue weighted by molar-refractivity contribution is 5.76. The molecule has 1 atom stereocenters. The molecular formula is C14H22N2O4. The van der Waals surface area contributed by atoms with Crippen molar-refractivity contribution >= 4 is 5.91 Å². The van der Waals surface area contributed by atoms with Gasteiger partial charge in [-0.2, -0.15) is 0 Å². The van der Waals surface area contributed by atoms with Crippen LogP contribution >= 0.6 is 0 Å². The van der Waals surface area contributed by atoms with Crippen LogP contribution in [0.1, 0.15) is 24.9 Å². The Hall–Kier alpha value is -1.79. The molecule has 1 rings (SSSR count). The lowest BCUT2D eigenvalue weighted by atomic mass is 10.1. The predicted octanol–water partition coefficient (Wildman–Crippen LogP) is 0.901. The van der Waals surface area contributed by atoms with E-state index in [0.29, 0.717) is 31.7 Å². The second-order valence-electron chi connectivity index (χ2n) is 4.51. The van der Waals surface area contributed by atoms with Crippen LogP contribution in [0, 0.1) is 0 Å². The van der Waals surface area contributed by atoms with E-state index in [0.717, 1.165) is 0 Å². The van der Waals surface area contributed by atoms with Crippen LogP contribution in [-0.4, -0.2) is 42.9 Å². The summed E-state index contributed by atoms with van der Waals surface area (Å²) >= 11 is 0.